The van der Waals surface area contributed by atoms with E-state index in [4.69, 9.17) is 14.4 Å². The summed E-state index contributed by atoms with van der Waals surface area (Å²) in [7, 11) is -4.21. The van der Waals surface area contributed by atoms with Crippen LogP contribution in [-0.2, 0) is 14.9 Å². The molecular weight excluding hydrogens is 336 g/mol. The minimum atomic E-state index is -4.21. The summed E-state index contributed by atoms with van der Waals surface area (Å²) in [6.45, 7) is -0.408. The van der Waals surface area contributed by atoms with Crippen molar-refractivity contribution in [2.24, 2.45) is 5.10 Å². The maximum absolute atomic E-state index is 10.9. The van der Waals surface area contributed by atoms with Gasteiger partial charge in [0.05, 0.1) is 16.8 Å². The lowest BCUT2D eigenvalue weighted by atomic mass is 10.2. The normalized spacial score (nSPS) is 11.4. The molecule has 2 aromatic carbocycles. The lowest BCUT2D eigenvalue weighted by Crippen LogP contribution is -2.09. The van der Waals surface area contributed by atoms with E-state index in [0.717, 1.165) is 5.56 Å². The van der Waals surface area contributed by atoms with E-state index < -0.39 is 22.7 Å². The second-order valence-corrected chi connectivity index (χ2v) is 6.04. The number of carboxylic acids is 1. The van der Waals surface area contributed by atoms with Crippen LogP contribution in [0.4, 0.5) is 5.69 Å². The van der Waals surface area contributed by atoms with Crippen LogP contribution in [0.5, 0.6) is 5.75 Å². The first-order valence-electron chi connectivity index (χ1n) is 6.66. The zero-order chi connectivity index (χ0) is 17.6. The topological polar surface area (TPSA) is 125 Å². The molecule has 0 bridgehead atoms. The van der Waals surface area contributed by atoms with E-state index in [1.54, 1.807) is 24.3 Å². The van der Waals surface area contributed by atoms with Gasteiger partial charge >= 0.3 is 5.97 Å². The van der Waals surface area contributed by atoms with Crippen molar-refractivity contribution in [1.82, 2.24) is 0 Å². The number of carbonyl (C=O) groups is 1. The first-order chi connectivity index (χ1) is 11.3. The molecule has 126 valence electrons. The molecular formula is C15H14N2O6S. The summed E-state index contributed by atoms with van der Waals surface area (Å²) in [6.07, 6.45) is 1.53. The number of hydrogen-bond donors (Lipinski definition) is 3. The summed E-state index contributed by atoms with van der Waals surface area (Å²) in [4.78, 5) is 10.2. The van der Waals surface area contributed by atoms with E-state index in [1.165, 1.54) is 30.5 Å². The third kappa shape index (κ3) is 5.38. The number of anilines is 1. The van der Waals surface area contributed by atoms with Gasteiger partial charge in [-0.15, -0.1) is 0 Å². The highest BCUT2D eigenvalue weighted by atomic mass is 32.2. The highest BCUT2D eigenvalue weighted by molar-refractivity contribution is 7.85. The van der Waals surface area contributed by atoms with Gasteiger partial charge < -0.3 is 9.84 Å². The number of hydrogen-bond acceptors (Lipinski definition) is 6. The molecule has 3 N–H and O–H groups in total. The van der Waals surface area contributed by atoms with Gasteiger partial charge in [-0.25, -0.2) is 4.79 Å². The van der Waals surface area contributed by atoms with Gasteiger partial charge in [-0.2, -0.15) is 13.5 Å². The number of nitrogens with one attached hydrogen (secondary N) is 1. The maximum Gasteiger partial charge on any atom is 0.341 e. The second-order valence-electron chi connectivity index (χ2n) is 4.62. The zero-order valence-electron chi connectivity index (χ0n) is 12.3. The highest BCUT2D eigenvalue weighted by Crippen LogP contribution is 2.14. The number of ether oxygens (including phenoxy) is 1. The van der Waals surface area contributed by atoms with E-state index >= 15 is 0 Å². The molecule has 8 nitrogen and oxygen atoms in total. The van der Waals surface area contributed by atoms with Crippen molar-refractivity contribution in [3.05, 3.63) is 54.1 Å². The van der Waals surface area contributed by atoms with E-state index in [0.29, 0.717) is 11.4 Å². The van der Waals surface area contributed by atoms with Gasteiger partial charge in [0.15, 0.2) is 6.61 Å². The fourth-order valence-electron chi connectivity index (χ4n) is 1.68. The molecule has 2 aromatic rings. The minimum Gasteiger partial charge on any atom is -0.482 e. The molecule has 0 saturated heterocycles. The lowest BCUT2D eigenvalue weighted by molar-refractivity contribution is -0.139. The average Bonchev–Trinajstić information content (AvgIpc) is 2.54. The van der Waals surface area contributed by atoms with Crippen molar-refractivity contribution in [3.63, 3.8) is 0 Å². The molecule has 0 aliphatic carbocycles. The van der Waals surface area contributed by atoms with E-state index in [9.17, 15) is 13.2 Å². The Morgan fingerprint density at radius 1 is 1.12 bits per heavy atom. The van der Waals surface area contributed by atoms with Crippen molar-refractivity contribution >= 4 is 28.0 Å². The molecule has 0 amide bonds. The van der Waals surface area contributed by atoms with Gasteiger partial charge in [0.2, 0.25) is 0 Å². The van der Waals surface area contributed by atoms with Gasteiger partial charge in [-0.1, -0.05) is 0 Å². The van der Waals surface area contributed by atoms with Crippen LogP contribution < -0.4 is 10.2 Å². The largest absolute Gasteiger partial charge is 0.482 e. The summed E-state index contributed by atoms with van der Waals surface area (Å²) in [5.41, 5.74) is 4.00. The predicted octanol–water partition coefficient (Wildman–Crippen LogP) is 1.84. The number of benzene rings is 2. The van der Waals surface area contributed by atoms with Crippen LogP contribution >= 0.6 is 0 Å². The van der Waals surface area contributed by atoms with E-state index in [-0.39, 0.29) is 4.90 Å². The molecule has 0 fully saturated rings. The molecule has 0 heterocycles. The van der Waals surface area contributed by atoms with Crippen LogP contribution in [0.3, 0.4) is 0 Å². The van der Waals surface area contributed by atoms with Crippen LogP contribution in [0.2, 0.25) is 0 Å². The monoisotopic (exact) mass is 350 g/mol. The first kappa shape index (κ1) is 17.4. The predicted molar refractivity (Wildman–Crippen MR) is 87.0 cm³/mol. The Kier molecular flexibility index (Phi) is 5.51. The Labute approximate surface area is 138 Å². The van der Waals surface area contributed by atoms with Crippen molar-refractivity contribution in [1.29, 1.82) is 0 Å². The summed E-state index contributed by atoms with van der Waals surface area (Å²) >= 11 is 0. The molecule has 0 saturated carbocycles. The van der Waals surface area contributed by atoms with Crippen molar-refractivity contribution in [2.45, 2.75) is 4.90 Å². The third-order valence-electron chi connectivity index (χ3n) is 2.80. The highest BCUT2D eigenvalue weighted by Gasteiger charge is 2.07. The van der Waals surface area contributed by atoms with E-state index in [1.807, 2.05) is 0 Å². The molecule has 0 aliphatic rings. The molecule has 0 aromatic heterocycles. The summed E-state index contributed by atoms with van der Waals surface area (Å²) in [6, 6.07) is 12.1. The van der Waals surface area contributed by atoms with Crippen molar-refractivity contribution in [3.8, 4) is 5.75 Å². The molecule has 9 heteroatoms. The van der Waals surface area contributed by atoms with Crippen molar-refractivity contribution < 1.29 is 27.6 Å². The third-order valence-corrected chi connectivity index (χ3v) is 3.67. The van der Waals surface area contributed by atoms with Crippen LogP contribution in [-0.4, -0.2) is 36.9 Å². The molecule has 0 atom stereocenters. The first-order valence-corrected chi connectivity index (χ1v) is 8.10. The Bertz CT molecular complexity index is 829. The molecule has 24 heavy (non-hydrogen) atoms. The maximum atomic E-state index is 10.9. The fraction of sp³-hybridized carbons (Fsp3) is 0.0667. The summed E-state index contributed by atoms with van der Waals surface area (Å²) < 4.78 is 35.7. The second kappa shape index (κ2) is 7.57. The van der Waals surface area contributed by atoms with Gasteiger partial charge in [0, 0.05) is 0 Å². The minimum absolute atomic E-state index is 0.200. The Morgan fingerprint density at radius 2 is 1.75 bits per heavy atom. The number of rotatable bonds is 7. The fourth-order valence-corrected chi connectivity index (χ4v) is 2.16. The molecule has 2 rings (SSSR count). The average molecular weight is 350 g/mol. The number of nitrogens with zero attached hydrogens (tertiary/aromatic N) is 1. The number of hydrazone groups is 1. The van der Waals surface area contributed by atoms with Crippen molar-refractivity contribution in [2.75, 3.05) is 12.0 Å². The van der Waals surface area contributed by atoms with Gasteiger partial charge in [0.1, 0.15) is 5.75 Å². The molecule has 0 aliphatic heterocycles. The van der Waals surface area contributed by atoms with Crippen LogP contribution in [0, 0.1) is 0 Å². The quantitative estimate of drug-likeness (QED) is 0.395. The Morgan fingerprint density at radius 3 is 2.29 bits per heavy atom. The van der Waals surface area contributed by atoms with Crippen LogP contribution in [0.15, 0.2) is 58.5 Å². The summed E-state index contributed by atoms with van der Waals surface area (Å²) in [5, 5.41) is 12.5. The number of carboxylic acid groups (broad SMARTS) is 1. The Hall–Kier alpha value is -2.91. The van der Waals surface area contributed by atoms with E-state index in [2.05, 4.69) is 10.5 Å². The van der Waals surface area contributed by atoms with Gasteiger partial charge in [-0.3, -0.25) is 9.98 Å². The lowest BCUT2D eigenvalue weighted by Gasteiger charge is -2.03. The Balaban J connectivity index is 1.93. The standard InChI is InChI=1S/C15H14N2O6S/c18-15(19)10-23-13-5-1-11(2-6-13)9-16-17-12-3-7-14(8-4-12)24(20,21)22/h1-9,17H,10H2,(H,18,19)(H,20,21,22)/b16-9+. The molecule has 0 spiro atoms. The summed E-state index contributed by atoms with van der Waals surface area (Å²) in [5.74, 6) is -0.617. The van der Waals surface area contributed by atoms with Gasteiger partial charge in [-0.05, 0) is 54.1 Å². The molecule has 0 unspecified atom stereocenters. The van der Waals surface area contributed by atoms with Crippen LogP contribution in [0.1, 0.15) is 5.56 Å². The SMILES string of the molecule is O=C(O)COc1ccc(/C=N/Nc2ccc(S(=O)(=O)O)cc2)cc1. The molecule has 0 radical (unpaired) electrons. The zero-order valence-corrected chi connectivity index (χ0v) is 13.1. The van der Waals surface area contributed by atoms with Crippen LogP contribution in [0.25, 0.3) is 0 Å². The van der Waals surface area contributed by atoms with Gasteiger partial charge in [0.25, 0.3) is 10.1 Å². The number of aliphatic carboxylic acids is 1. The smallest absolute Gasteiger partial charge is 0.341 e.